The summed E-state index contributed by atoms with van der Waals surface area (Å²) in [6.45, 7) is 0.755. The molecule has 0 bridgehead atoms. The Morgan fingerprint density at radius 2 is 2.05 bits per heavy atom. The van der Waals surface area contributed by atoms with Gasteiger partial charge in [-0.15, -0.1) is 11.3 Å². The van der Waals surface area contributed by atoms with Crippen molar-refractivity contribution in [1.82, 2.24) is 4.98 Å². The van der Waals surface area contributed by atoms with Crippen molar-refractivity contribution in [3.8, 4) is 22.1 Å². The Kier molecular flexibility index (Phi) is 2.63. The van der Waals surface area contributed by atoms with Crippen molar-refractivity contribution >= 4 is 21.6 Å². The normalized spacial score (nSPS) is 13.2. The van der Waals surface area contributed by atoms with Crippen LogP contribution in [0.5, 0.6) is 11.6 Å². The fourth-order valence-electron chi connectivity index (χ4n) is 2.46. The van der Waals surface area contributed by atoms with Gasteiger partial charge in [0.2, 0.25) is 5.88 Å². The van der Waals surface area contributed by atoms with E-state index in [9.17, 15) is 0 Å². The van der Waals surface area contributed by atoms with Gasteiger partial charge in [0.1, 0.15) is 10.6 Å². The molecule has 0 N–H and O–H groups in total. The number of hydrogen-bond donors (Lipinski definition) is 0. The van der Waals surface area contributed by atoms with E-state index >= 15 is 0 Å². The van der Waals surface area contributed by atoms with Crippen LogP contribution in [0.4, 0.5) is 0 Å². The van der Waals surface area contributed by atoms with E-state index in [4.69, 9.17) is 9.47 Å². The molecule has 4 rings (SSSR count). The lowest BCUT2D eigenvalue weighted by molar-refractivity contribution is 0.346. The number of pyridine rings is 1. The van der Waals surface area contributed by atoms with Crippen LogP contribution in [0.15, 0.2) is 36.4 Å². The average Bonchev–Trinajstić information content (AvgIpc) is 3.10. The number of aromatic nitrogens is 1. The van der Waals surface area contributed by atoms with Gasteiger partial charge in [0.15, 0.2) is 0 Å². The third-order valence-corrected chi connectivity index (χ3v) is 4.63. The third-order valence-electron chi connectivity index (χ3n) is 3.53. The summed E-state index contributed by atoms with van der Waals surface area (Å²) >= 11 is 1.70. The van der Waals surface area contributed by atoms with Crippen molar-refractivity contribution in [3.63, 3.8) is 0 Å². The van der Waals surface area contributed by atoms with Crippen LogP contribution in [0.3, 0.4) is 0 Å². The van der Waals surface area contributed by atoms with Crippen LogP contribution in [-0.2, 0) is 6.42 Å². The summed E-state index contributed by atoms with van der Waals surface area (Å²) < 4.78 is 10.7. The summed E-state index contributed by atoms with van der Waals surface area (Å²) in [6, 6.07) is 12.5. The molecule has 0 saturated carbocycles. The molecule has 4 heteroatoms. The number of hydrogen-bond acceptors (Lipinski definition) is 4. The predicted molar refractivity (Wildman–Crippen MR) is 80.8 cm³/mol. The third kappa shape index (κ3) is 1.84. The molecule has 3 heterocycles. The molecule has 2 aromatic heterocycles. The van der Waals surface area contributed by atoms with Gasteiger partial charge in [0.25, 0.3) is 0 Å². The number of thiophene rings is 1. The molecule has 100 valence electrons. The van der Waals surface area contributed by atoms with Crippen molar-refractivity contribution in [3.05, 3.63) is 42.0 Å². The SMILES string of the molecule is COc1ccc(-c2cc3cc4c(nc3s2)OCC4)cc1. The lowest BCUT2D eigenvalue weighted by atomic mass is 10.1. The maximum Gasteiger partial charge on any atom is 0.218 e. The van der Waals surface area contributed by atoms with Crippen molar-refractivity contribution < 1.29 is 9.47 Å². The molecule has 0 saturated heterocycles. The van der Waals surface area contributed by atoms with Gasteiger partial charge >= 0.3 is 0 Å². The van der Waals surface area contributed by atoms with Crippen LogP contribution in [0.25, 0.3) is 20.7 Å². The predicted octanol–water partition coefficient (Wildman–Crippen LogP) is 3.91. The smallest absolute Gasteiger partial charge is 0.218 e. The first-order valence-corrected chi connectivity index (χ1v) is 7.36. The second-order valence-corrected chi connectivity index (χ2v) is 5.82. The van der Waals surface area contributed by atoms with E-state index in [1.807, 2.05) is 12.1 Å². The molecule has 0 amide bonds. The van der Waals surface area contributed by atoms with Crippen molar-refractivity contribution in [2.24, 2.45) is 0 Å². The Bertz CT molecular complexity index is 736. The summed E-state index contributed by atoms with van der Waals surface area (Å²) in [5.74, 6) is 1.68. The fourth-order valence-corrected chi connectivity index (χ4v) is 3.47. The standard InChI is InChI=1S/C16H13NO2S/c1-18-13-4-2-10(3-5-13)14-9-12-8-11-6-7-19-15(11)17-16(12)20-14/h2-5,8-9H,6-7H2,1H3. The molecular formula is C16H13NO2S. The average molecular weight is 283 g/mol. The number of ether oxygens (including phenoxy) is 2. The minimum absolute atomic E-state index is 0.755. The van der Waals surface area contributed by atoms with E-state index in [1.54, 1.807) is 18.4 Å². The van der Waals surface area contributed by atoms with Crippen molar-refractivity contribution in [1.29, 1.82) is 0 Å². The molecule has 3 aromatic rings. The fraction of sp³-hybridized carbons (Fsp3) is 0.188. The van der Waals surface area contributed by atoms with Gasteiger partial charge in [-0.25, -0.2) is 4.98 Å². The summed E-state index contributed by atoms with van der Waals surface area (Å²) in [4.78, 5) is 6.87. The van der Waals surface area contributed by atoms with Gasteiger partial charge in [0.05, 0.1) is 13.7 Å². The van der Waals surface area contributed by atoms with Crippen LogP contribution >= 0.6 is 11.3 Å². The number of methoxy groups -OCH3 is 1. The molecule has 0 unspecified atom stereocenters. The summed E-state index contributed by atoms with van der Waals surface area (Å²) in [5.41, 5.74) is 2.41. The highest BCUT2D eigenvalue weighted by Crippen LogP contribution is 2.36. The van der Waals surface area contributed by atoms with Crippen LogP contribution in [0.1, 0.15) is 5.56 Å². The molecule has 1 aromatic carbocycles. The summed E-state index contributed by atoms with van der Waals surface area (Å²) in [6.07, 6.45) is 0.964. The minimum Gasteiger partial charge on any atom is -0.497 e. The van der Waals surface area contributed by atoms with Gasteiger partial charge in [-0.3, -0.25) is 0 Å². The van der Waals surface area contributed by atoms with Crippen molar-refractivity contribution in [2.75, 3.05) is 13.7 Å². The zero-order chi connectivity index (χ0) is 13.5. The Morgan fingerprint density at radius 1 is 1.20 bits per heavy atom. The maximum absolute atomic E-state index is 5.53. The monoisotopic (exact) mass is 283 g/mol. The molecular weight excluding hydrogens is 270 g/mol. The highest BCUT2D eigenvalue weighted by Gasteiger charge is 2.16. The van der Waals surface area contributed by atoms with Gasteiger partial charge in [-0.2, -0.15) is 0 Å². The number of nitrogens with zero attached hydrogens (tertiary/aromatic N) is 1. The lowest BCUT2D eigenvalue weighted by Gasteiger charge is -2.00. The number of benzene rings is 1. The second-order valence-electron chi connectivity index (χ2n) is 4.78. The second kappa shape index (κ2) is 4.49. The van der Waals surface area contributed by atoms with E-state index < -0.39 is 0 Å². The van der Waals surface area contributed by atoms with Crippen LogP contribution < -0.4 is 9.47 Å². The van der Waals surface area contributed by atoms with Crippen molar-refractivity contribution in [2.45, 2.75) is 6.42 Å². The van der Waals surface area contributed by atoms with Crippen LogP contribution in [0.2, 0.25) is 0 Å². The quantitative estimate of drug-likeness (QED) is 0.714. The summed E-state index contributed by atoms with van der Waals surface area (Å²) in [7, 11) is 1.68. The Labute approximate surface area is 120 Å². The molecule has 0 aliphatic carbocycles. The Morgan fingerprint density at radius 3 is 2.85 bits per heavy atom. The lowest BCUT2D eigenvalue weighted by Crippen LogP contribution is -1.87. The number of fused-ring (bicyclic) bond motifs is 2. The van der Waals surface area contributed by atoms with E-state index in [2.05, 4.69) is 29.2 Å². The zero-order valence-corrected chi connectivity index (χ0v) is 11.9. The molecule has 0 fully saturated rings. The van der Waals surface area contributed by atoms with Crippen LogP contribution in [0, 0.1) is 0 Å². The van der Waals surface area contributed by atoms with Gasteiger partial charge in [-0.1, -0.05) is 0 Å². The van der Waals surface area contributed by atoms with Gasteiger partial charge in [0, 0.05) is 22.2 Å². The minimum atomic E-state index is 0.755. The first-order valence-electron chi connectivity index (χ1n) is 6.54. The van der Waals surface area contributed by atoms with E-state index in [-0.39, 0.29) is 0 Å². The molecule has 0 atom stereocenters. The largest absolute Gasteiger partial charge is 0.497 e. The Hall–Kier alpha value is -2.07. The van der Waals surface area contributed by atoms with Gasteiger partial charge in [-0.05, 0) is 42.0 Å². The summed E-state index contributed by atoms with van der Waals surface area (Å²) in [5, 5.41) is 1.20. The van der Waals surface area contributed by atoms with E-state index in [1.165, 1.54) is 21.4 Å². The highest BCUT2D eigenvalue weighted by atomic mass is 32.1. The van der Waals surface area contributed by atoms with Gasteiger partial charge < -0.3 is 9.47 Å². The van der Waals surface area contributed by atoms with E-state index in [0.717, 1.165) is 29.5 Å². The molecule has 1 aliphatic heterocycles. The Balaban J connectivity index is 1.80. The zero-order valence-electron chi connectivity index (χ0n) is 11.1. The first-order chi connectivity index (χ1) is 9.83. The number of rotatable bonds is 2. The highest BCUT2D eigenvalue weighted by molar-refractivity contribution is 7.21. The first kappa shape index (κ1) is 11.7. The van der Waals surface area contributed by atoms with E-state index in [0.29, 0.717) is 0 Å². The molecule has 20 heavy (non-hydrogen) atoms. The maximum atomic E-state index is 5.53. The molecule has 0 radical (unpaired) electrons. The topological polar surface area (TPSA) is 31.4 Å². The molecule has 1 aliphatic rings. The molecule has 3 nitrogen and oxygen atoms in total. The van der Waals surface area contributed by atoms with Crippen LogP contribution in [-0.4, -0.2) is 18.7 Å². The molecule has 0 spiro atoms.